The largest absolute Gasteiger partial charge is 0.508 e. The van der Waals surface area contributed by atoms with Crippen molar-refractivity contribution in [3.05, 3.63) is 96.1 Å². The summed E-state index contributed by atoms with van der Waals surface area (Å²) in [5.74, 6) is -0.969. The Morgan fingerprint density at radius 3 is 2.32 bits per heavy atom. The van der Waals surface area contributed by atoms with E-state index in [0.29, 0.717) is 38.0 Å². The first-order valence-corrected chi connectivity index (χ1v) is 24.3. The van der Waals surface area contributed by atoms with Crippen LogP contribution in [0, 0.1) is 17.8 Å². The van der Waals surface area contributed by atoms with Crippen LogP contribution in [0.1, 0.15) is 154 Å². The van der Waals surface area contributed by atoms with Crippen molar-refractivity contribution in [2.24, 2.45) is 22.9 Å². The van der Waals surface area contributed by atoms with Crippen LogP contribution in [0.4, 0.5) is 0 Å². The summed E-state index contributed by atoms with van der Waals surface area (Å²) in [6, 6.07) is 19.4. The minimum atomic E-state index is -1.36. The smallest absolute Gasteiger partial charge is 0.239 e. The summed E-state index contributed by atoms with van der Waals surface area (Å²) < 4.78 is 14.6. The summed E-state index contributed by atoms with van der Waals surface area (Å²) in [5, 5.41) is 38.2. The predicted octanol–water partition coefficient (Wildman–Crippen LogP) is 11.9. The molecule has 6 atom stereocenters. The number of aromatic hydroxyl groups is 1. The van der Waals surface area contributed by atoms with Crippen LogP contribution in [0.15, 0.2) is 90.1 Å². The number of aliphatic hydroxyl groups excluding tert-OH is 2. The molecule has 1 aliphatic heterocycles. The Balaban J connectivity index is 1.52. The lowest BCUT2D eigenvalue weighted by molar-refractivity contribution is -0.258. The summed E-state index contributed by atoms with van der Waals surface area (Å²) in [5.41, 5.74) is 3.14. The molecule has 9 heteroatoms. The molecule has 0 aromatic heterocycles. The summed E-state index contributed by atoms with van der Waals surface area (Å²) in [6.45, 7) is 13.1. The van der Waals surface area contributed by atoms with Crippen molar-refractivity contribution in [1.82, 2.24) is 4.90 Å². The molecule has 3 aromatic rings. The number of oxime groups is 1. The molecule has 3 N–H and O–H groups in total. The molecule has 9 nitrogen and oxygen atoms in total. The number of phenolic OH excluding ortho intramolecular Hbond substituents is 1. The number of allylic oxidation sites excluding steroid dienone is 1. The fourth-order valence-electron chi connectivity index (χ4n) is 10.6. The maximum atomic E-state index is 15.3. The van der Waals surface area contributed by atoms with Gasteiger partial charge in [0.2, 0.25) is 11.7 Å². The van der Waals surface area contributed by atoms with Gasteiger partial charge in [-0.25, -0.2) is 0 Å². The maximum absolute atomic E-state index is 15.3. The van der Waals surface area contributed by atoms with E-state index < -0.39 is 23.3 Å². The predicted molar refractivity (Wildman–Crippen MR) is 254 cm³/mol. The summed E-state index contributed by atoms with van der Waals surface area (Å²) in [4.78, 5) is 23.7. The Bertz CT molecular complexity index is 2000. The van der Waals surface area contributed by atoms with Crippen LogP contribution in [0.2, 0.25) is 0 Å². The Hall–Kier alpha value is -4.18. The number of amides is 1. The van der Waals surface area contributed by atoms with Gasteiger partial charge in [-0.1, -0.05) is 131 Å². The quantitative estimate of drug-likeness (QED) is 0.0440. The molecule has 1 fully saturated rings. The van der Waals surface area contributed by atoms with Gasteiger partial charge in [0.1, 0.15) is 23.1 Å². The lowest BCUT2D eigenvalue weighted by Crippen LogP contribution is -2.70. The van der Waals surface area contributed by atoms with E-state index in [2.05, 4.69) is 56.0 Å². The van der Waals surface area contributed by atoms with Gasteiger partial charge in [0.25, 0.3) is 0 Å². The van der Waals surface area contributed by atoms with Crippen LogP contribution in [-0.2, 0) is 20.9 Å². The van der Waals surface area contributed by atoms with E-state index in [1.807, 2.05) is 43.9 Å². The number of benzene rings is 3. The molecule has 6 unspecified atom stereocenters. The highest BCUT2D eigenvalue weighted by molar-refractivity contribution is 6.03. The van der Waals surface area contributed by atoms with E-state index >= 15 is 4.79 Å². The monoisotopic (exact) mass is 865 g/mol. The molecule has 344 valence electrons. The van der Waals surface area contributed by atoms with Gasteiger partial charge >= 0.3 is 0 Å². The zero-order valence-electron chi connectivity index (χ0n) is 38.7. The first-order valence-electron chi connectivity index (χ1n) is 24.3. The fourth-order valence-corrected chi connectivity index (χ4v) is 10.6. The number of fused-ring (bicyclic) bond motifs is 3. The molecule has 63 heavy (non-hydrogen) atoms. The highest BCUT2D eigenvalue weighted by Crippen LogP contribution is 2.62. The molecule has 1 saturated carbocycles. The average Bonchev–Trinajstić information content (AvgIpc) is 3.27. The molecule has 0 radical (unpaired) electrons. The second-order valence-electron chi connectivity index (χ2n) is 19.2. The molecule has 0 bridgehead atoms. The number of carbonyl (C=O) groups excluding carboxylic acids is 1. The Kier molecular flexibility index (Phi) is 17.7. The molecule has 1 heterocycles. The first kappa shape index (κ1) is 48.3. The van der Waals surface area contributed by atoms with Crippen LogP contribution >= 0.6 is 0 Å². The lowest BCUT2D eigenvalue weighted by atomic mass is 9.55. The second-order valence-corrected chi connectivity index (χ2v) is 19.2. The normalized spacial score (nSPS) is 23.4. The van der Waals surface area contributed by atoms with Gasteiger partial charge in [-0.2, -0.15) is 0 Å². The highest BCUT2D eigenvalue weighted by atomic mass is 16.7. The Morgan fingerprint density at radius 2 is 1.60 bits per heavy atom. The lowest BCUT2D eigenvalue weighted by Gasteiger charge is -2.60. The minimum Gasteiger partial charge on any atom is -0.508 e. The minimum absolute atomic E-state index is 0.0508. The van der Waals surface area contributed by atoms with Gasteiger partial charge in [0.05, 0.1) is 18.2 Å². The second kappa shape index (κ2) is 23.1. The highest BCUT2D eigenvalue weighted by Gasteiger charge is 2.65. The zero-order chi connectivity index (χ0) is 44.8. The number of hydrogen-bond donors (Lipinski definition) is 3. The third-order valence-corrected chi connectivity index (χ3v) is 13.5. The number of carbonyl (C=O) groups is 1. The molecule has 1 amide bonds. The first-order chi connectivity index (χ1) is 30.5. The number of rotatable bonds is 25. The van der Waals surface area contributed by atoms with Gasteiger partial charge in [0, 0.05) is 44.1 Å². The SMILES string of the molecule is C=CCOC12Oc3ccc(O)cc3C3C(CCCCO)C(CCCCO)C=C(C(=NOC(C)(C)C)CC1N(Cc1cccc4ccccc14)C(=O)CCCCCCCCCCC)C32. The van der Waals surface area contributed by atoms with Crippen molar-refractivity contribution < 1.29 is 34.4 Å². The Morgan fingerprint density at radius 1 is 0.905 bits per heavy atom. The molecule has 2 aliphatic carbocycles. The summed E-state index contributed by atoms with van der Waals surface area (Å²) >= 11 is 0. The molecular formula is C54H76N2O7. The summed E-state index contributed by atoms with van der Waals surface area (Å²) in [7, 11) is 0. The van der Waals surface area contributed by atoms with Crippen molar-refractivity contribution >= 4 is 22.4 Å². The summed E-state index contributed by atoms with van der Waals surface area (Å²) in [6.07, 6.45) is 20.0. The molecular weight excluding hydrogens is 789 g/mol. The van der Waals surface area contributed by atoms with Gasteiger partial charge in [0.15, 0.2) is 0 Å². The zero-order valence-corrected chi connectivity index (χ0v) is 38.7. The van der Waals surface area contributed by atoms with E-state index in [0.717, 1.165) is 78.1 Å². The van der Waals surface area contributed by atoms with Crippen molar-refractivity contribution in [2.45, 2.75) is 167 Å². The third-order valence-electron chi connectivity index (χ3n) is 13.5. The van der Waals surface area contributed by atoms with Crippen LogP contribution in [-0.4, -0.2) is 69.1 Å². The maximum Gasteiger partial charge on any atom is 0.239 e. The molecule has 6 rings (SSSR count). The number of aliphatic hydroxyl groups is 2. The van der Waals surface area contributed by atoms with Gasteiger partial charge < -0.3 is 34.5 Å². The van der Waals surface area contributed by atoms with E-state index in [9.17, 15) is 15.3 Å². The average molecular weight is 865 g/mol. The number of nitrogens with zero attached hydrogens (tertiary/aromatic N) is 2. The van der Waals surface area contributed by atoms with Gasteiger partial charge in [-0.05, 0) is 105 Å². The van der Waals surface area contributed by atoms with Crippen molar-refractivity contribution in [3.63, 3.8) is 0 Å². The number of hydrogen-bond acceptors (Lipinski definition) is 8. The standard InChI is InChI=1S/C54H76N2O7/c1-6-8-9-10-11-12-13-14-15-29-50(60)56(38-41-26-22-25-39-23-16-17-27-43(39)41)49-37-47(55-63-53(3,4)5)45-35-40(24-18-20-32-57)44(28-19-21-33-58)51-46-36-42(59)30-31-48(46)62-54(49,52(45)51)61-34-7-2/h7,16-17,22-23,25-27,30-31,35-36,40,44,49,51-52,57-59H,2,6,8-15,18-21,24,28-29,32-34,37-38H2,1,3-5H3. The van der Waals surface area contributed by atoms with E-state index in [4.69, 9.17) is 19.5 Å². The molecule has 3 aromatic carbocycles. The fraction of sp³-hybridized carbons (Fsp3) is 0.593. The topological polar surface area (TPSA) is 121 Å². The molecule has 0 spiro atoms. The van der Waals surface area contributed by atoms with Crippen LogP contribution in [0.3, 0.4) is 0 Å². The van der Waals surface area contributed by atoms with Crippen LogP contribution in [0.25, 0.3) is 10.8 Å². The molecule has 3 aliphatic rings. The third kappa shape index (κ3) is 11.9. The van der Waals surface area contributed by atoms with E-state index in [1.54, 1.807) is 12.1 Å². The van der Waals surface area contributed by atoms with Gasteiger partial charge in [-0.3, -0.25) is 4.79 Å². The Labute approximate surface area is 377 Å². The van der Waals surface area contributed by atoms with Crippen molar-refractivity contribution in [2.75, 3.05) is 19.8 Å². The van der Waals surface area contributed by atoms with Crippen molar-refractivity contribution in [3.8, 4) is 11.5 Å². The van der Waals surface area contributed by atoms with Crippen LogP contribution < -0.4 is 4.74 Å². The van der Waals surface area contributed by atoms with Crippen LogP contribution in [0.5, 0.6) is 11.5 Å². The number of unbranched alkanes of at least 4 members (excludes halogenated alkanes) is 10. The van der Waals surface area contributed by atoms with E-state index in [1.165, 1.54) is 38.5 Å². The van der Waals surface area contributed by atoms with E-state index in [-0.39, 0.29) is 49.2 Å². The number of ether oxygens (including phenoxy) is 2. The van der Waals surface area contributed by atoms with Crippen molar-refractivity contribution in [1.29, 1.82) is 0 Å². The van der Waals surface area contributed by atoms with Gasteiger partial charge in [-0.15, -0.1) is 6.58 Å². The number of phenols is 1. The molecule has 0 saturated heterocycles.